The van der Waals surface area contributed by atoms with Gasteiger partial charge in [-0.2, -0.15) is 0 Å². The topological polar surface area (TPSA) is 130 Å². The van der Waals surface area contributed by atoms with E-state index in [9.17, 15) is 9.46 Å². The number of phosphoric ester groups is 1. The Labute approximate surface area is 248 Å². The van der Waals surface area contributed by atoms with Crippen LogP contribution in [0.2, 0.25) is 0 Å². The molecule has 0 saturated heterocycles. The smallest absolute Gasteiger partial charge is 0.379 e. The molecule has 0 aliphatic carbocycles. The van der Waals surface area contributed by atoms with E-state index in [0.717, 1.165) is 26.1 Å². The van der Waals surface area contributed by atoms with Crippen molar-refractivity contribution >= 4 is 7.82 Å². The molecule has 0 unspecified atom stereocenters. The van der Waals surface area contributed by atoms with E-state index in [2.05, 4.69) is 13.8 Å². The van der Waals surface area contributed by atoms with Crippen molar-refractivity contribution in [3.63, 3.8) is 0 Å². The molecule has 0 aromatic carbocycles. The van der Waals surface area contributed by atoms with Gasteiger partial charge in [-0.05, 0) is 12.8 Å². The zero-order valence-corrected chi connectivity index (χ0v) is 26.7. The average molecular weight is 619 g/mol. The largest absolute Gasteiger partial charge is 0.472 e. The Bertz CT molecular complexity index is 502. The minimum Gasteiger partial charge on any atom is -0.379 e. The fourth-order valence-electron chi connectivity index (χ4n) is 3.25. The summed E-state index contributed by atoms with van der Waals surface area (Å²) >= 11 is 0. The minimum atomic E-state index is -4.15. The van der Waals surface area contributed by atoms with E-state index in [1.807, 2.05) is 0 Å². The van der Waals surface area contributed by atoms with Crippen LogP contribution in [0.3, 0.4) is 0 Å². The van der Waals surface area contributed by atoms with Crippen molar-refractivity contribution in [3.8, 4) is 0 Å². The summed E-state index contributed by atoms with van der Waals surface area (Å²) in [5.41, 5.74) is 0. The predicted molar refractivity (Wildman–Crippen MR) is 157 cm³/mol. The summed E-state index contributed by atoms with van der Waals surface area (Å²) in [6, 6.07) is 0. The lowest BCUT2D eigenvalue weighted by molar-refractivity contribution is -0.00926. The van der Waals surface area contributed by atoms with Gasteiger partial charge in [-0.15, -0.1) is 0 Å². The zero-order valence-electron chi connectivity index (χ0n) is 25.8. The monoisotopic (exact) mass is 618 g/mol. The molecule has 0 amide bonds. The summed E-state index contributed by atoms with van der Waals surface area (Å²) in [5.74, 6) is 0. The van der Waals surface area contributed by atoms with Crippen LogP contribution in [0.25, 0.3) is 0 Å². The standard InChI is InChI=1S/C28H59O12P/c1-3-5-7-9-11-31-13-15-33-17-19-35-21-23-37-25-27-39-41(29,30)40-28-26-38-24-22-36-20-18-34-16-14-32-12-10-8-6-4-2/h3-28H2,1-2H3,(H,29,30). The first kappa shape index (κ1) is 40.8. The van der Waals surface area contributed by atoms with Gasteiger partial charge in [0.05, 0.1) is 106 Å². The molecule has 0 spiro atoms. The van der Waals surface area contributed by atoms with Gasteiger partial charge >= 0.3 is 7.82 Å². The molecule has 0 rings (SSSR count). The maximum absolute atomic E-state index is 11.8. The van der Waals surface area contributed by atoms with Crippen molar-refractivity contribution in [3.05, 3.63) is 0 Å². The third-order valence-corrected chi connectivity index (χ3v) is 6.50. The van der Waals surface area contributed by atoms with Crippen LogP contribution in [-0.4, -0.2) is 124 Å². The molecule has 0 fully saturated rings. The molecule has 12 nitrogen and oxygen atoms in total. The molecule has 1 N–H and O–H groups in total. The molecular formula is C28H59O12P. The maximum Gasteiger partial charge on any atom is 0.472 e. The molecule has 0 aliphatic rings. The third-order valence-electron chi connectivity index (χ3n) is 5.48. The van der Waals surface area contributed by atoms with E-state index < -0.39 is 7.82 Å². The summed E-state index contributed by atoms with van der Waals surface area (Å²) < 4.78 is 64.9. The lowest BCUT2D eigenvalue weighted by atomic mass is 10.2. The quantitative estimate of drug-likeness (QED) is 0.0788. The summed E-state index contributed by atoms with van der Waals surface area (Å²) in [7, 11) is -4.15. The fourth-order valence-corrected chi connectivity index (χ4v) is 3.93. The lowest BCUT2D eigenvalue weighted by Gasteiger charge is -2.12. The molecule has 13 heteroatoms. The lowest BCUT2D eigenvalue weighted by Crippen LogP contribution is -2.14. The molecule has 0 bridgehead atoms. The van der Waals surface area contributed by atoms with E-state index >= 15 is 0 Å². The second kappa shape index (κ2) is 34.3. The molecule has 248 valence electrons. The van der Waals surface area contributed by atoms with Crippen LogP contribution < -0.4 is 0 Å². The highest BCUT2D eigenvalue weighted by atomic mass is 31.2. The minimum absolute atomic E-state index is 0.0722. The highest BCUT2D eigenvalue weighted by Gasteiger charge is 2.20. The van der Waals surface area contributed by atoms with Gasteiger partial charge in [-0.1, -0.05) is 52.4 Å². The van der Waals surface area contributed by atoms with E-state index in [1.54, 1.807) is 0 Å². The summed E-state index contributed by atoms with van der Waals surface area (Å²) in [6.07, 6.45) is 9.60. The van der Waals surface area contributed by atoms with Gasteiger partial charge < -0.3 is 42.8 Å². The Hall–Kier alpha value is -0.210. The molecule has 0 atom stereocenters. The number of hydrogen-bond acceptors (Lipinski definition) is 11. The van der Waals surface area contributed by atoms with E-state index in [-0.39, 0.29) is 26.4 Å². The number of unbranched alkanes of at least 4 members (excludes halogenated alkanes) is 6. The third kappa shape index (κ3) is 35.9. The zero-order chi connectivity index (χ0) is 30.0. The first-order valence-corrected chi connectivity index (χ1v) is 16.9. The fraction of sp³-hybridized carbons (Fsp3) is 1.00. The Balaban J connectivity index is 3.26. The van der Waals surface area contributed by atoms with Crippen molar-refractivity contribution in [2.45, 2.75) is 65.2 Å². The Morgan fingerprint density at radius 2 is 0.610 bits per heavy atom. The van der Waals surface area contributed by atoms with Crippen molar-refractivity contribution in [1.29, 1.82) is 0 Å². The first-order chi connectivity index (χ1) is 20.1. The van der Waals surface area contributed by atoms with Gasteiger partial charge in [0.15, 0.2) is 0 Å². The number of rotatable bonds is 36. The second-order valence-electron chi connectivity index (χ2n) is 9.16. The van der Waals surface area contributed by atoms with Crippen molar-refractivity contribution in [2.75, 3.05) is 119 Å². The van der Waals surface area contributed by atoms with Gasteiger partial charge in [-0.3, -0.25) is 9.05 Å². The summed E-state index contributed by atoms with van der Waals surface area (Å²) in [5, 5.41) is 0. The molecule has 0 saturated carbocycles. The number of hydrogen-bond donors (Lipinski definition) is 1. The highest BCUT2D eigenvalue weighted by molar-refractivity contribution is 7.47. The van der Waals surface area contributed by atoms with Crippen LogP contribution in [-0.2, 0) is 51.5 Å². The van der Waals surface area contributed by atoms with Crippen molar-refractivity contribution in [2.24, 2.45) is 0 Å². The highest BCUT2D eigenvalue weighted by Crippen LogP contribution is 2.42. The molecule has 0 aromatic rings. The van der Waals surface area contributed by atoms with Crippen LogP contribution in [0.4, 0.5) is 0 Å². The van der Waals surface area contributed by atoms with E-state index in [1.165, 1.54) is 38.5 Å². The van der Waals surface area contributed by atoms with Crippen LogP contribution in [0.5, 0.6) is 0 Å². The van der Waals surface area contributed by atoms with Gasteiger partial charge in [0.25, 0.3) is 0 Å². The first-order valence-electron chi connectivity index (χ1n) is 15.4. The van der Waals surface area contributed by atoms with Crippen LogP contribution in [0.1, 0.15) is 65.2 Å². The Kier molecular flexibility index (Phi) is 34.1. The SMILES string of the molecule is CCCCCCOCCOCCOCCOCCOP(=O)(O)OCCOCCOCCOCCOCCCCCC. The van der Waals surface area contributed by atoms with Crippen molar-refractivity contribution < 1.29 is 56.4 Å². The van der Waals surface area contributed by atoms with E-state index in [0.29, 0.717) is 79.3 Å². The predicted octanol–water partition coefficient (Wildman–Crippen LogP) is 4.41. The van der Waals surface area contributed by atoms with Gasteiger partial charge in [-0.25, -0.2) is 4.57 Å². The van der Waals surface area contributed by atoms with E-state index in [4.69, 9.17) is 46.9 Å². The second-order valence-corrected chi connectivity index (χ2v) is 10.6. The Morgan fingerprint density at radius 1 is 0.366 bits per heavy atom. The summed E-state index contributed by atoms with van der Waals surface area (Å²) in [6.45, 7) is 11.8. The molecular weight excluding hydrogens is 559 g/mol. The van der Waals surface area contributed by atoms with Crippen LogP contribution in [0, 0.1) is 0 Å². The molecule has 0 heterocycles. The molecule has 0 aliphatic heterocycles. The van der Waals surface area contributed by atoms with Crippen LogP contribution in [0.15, 0.2) is 0 Å². The summed E-state index contributed by atoms with van der Waals surface area (Å²) in [4.78, 5) is 9.67. The number of phosphoric acid groups is 1. The maximum atomic E-state index is 11.8. The van der Waals surface area contributed by atoms with Gasteiger partial charge in [0.2, 0.25) is 0 Å². The molecule has 0 aromatic heterocycles. The Morgan fingerprint density at radius 3 is 0.878 bits per heavy atom. The number of ether oxygens (including phenoxy) is 8. The van der Waals surface area contributed by atoms with Gasteiger partial charge in [0.1, 0.15) is 0 Å². The molecule has 0 radical (unpaired) electrons. The normalized spacial score (nSPS) is 12.0. The van der Waals surface area contributed by atoms with Gasteiger partial charge in [0, 0.05) is 13.2 Å². The van der Waals surface area contributed by atoms with Crippen LogP contribution >= 0.6 is 7.82 Å². The van der Waals surface area contributed by atoms with Crippen molar-refractivity contribution in [1.82, 2.24) is 0 Å². The molecule has 41 heavy (non-hydrogen) atoms. The average Bonchev–Trinajstić information content (AvgIpc) is 2.96.